The molecular weight excluding hydrogens is 332 g/mol. The number of rotatable bonds is 5. The van der Waals surface area contributed by atoms with Gasteiger partial charge in [0.15, 0.2) is 12.6 Å². The average molecular weight is 356 g/mol. The van der Waals surface area contributed by atoms with Gasteiger partial charge in [-0.05, 0) is 0 Å². The molecule has 0 unspecified atom stereocenters. The Bertz CT molecular complexity index is 378. The van der Waals surface area contributed by atoms with E-state index in [9.17, 15) is 30.6 Å². The fourth-order valence-corrected chi connectivity index (χ4v) is 2.74. The Morgan fingerprint density at radius 1 is 0.708 bits per heavy atom. The molecule has 0 aliphatic carbocycles. The SMILES string of the molecule is CO[C@H]1O[C@H](CO)[C@H](O)[C@H](O[C@H]2O[C@H](CO)[C@H](O)[C@H](O)[C@H]2O)[C@H]1O. The van der Waals surface area contributed by atoms with Gasteiger partial charge in [0, 0.05) is 7.11 Å². The third kappa shape index (κ3) is 3.71. The highest BCUT2D eigenvalue weighted by atomic mass is 16.7. The maximum Gasteiger partial charge on any atom is 0.187 e. The standard InChI is InChI=1S/C13H24O11/c1-21-12-10(20)11(7(17)5(3-15)22-12)24-13-9(19)8(18)6(16)4(2-14)23-13/h4-20H,2-3H2,1H3/t4-,5-,6+,7+,8+,9-,10-,11+,12+,13-/m1/s1. The third-order valence-corrected chi connectivity index (χ3v) is 4.19. The molecule has 0 spiro atoms. The number of aliphatic hydroxyl groups is 7. The molecular formula is C13H24O11. The Kier molecular flexibility index (Phi) is 6.87. The molecule has 2 saturated heterocycles. The van der Waals surface area contributed by atoms with Gasteiger partial charge in [-0.15, -0.1) is 0 Å². The molecule has 2 aliphatic rings. The smallest absolute Gasteiger partial charge is 0.187 e. The Hall–Kier alpha value is -0.440. The molecule has 2 aliphatic heterocycles. The largest absolute Gasteiger partial charge is 0.394 e. The summed E-state index contributed by atoms with van der Waals surface area (Å²) in [4.78, 5) is 0. The predicted octanol–water partition coefficient (Wildman–Crippen LogP) is -4.74. The van der Waals surface area contributed by atoms with Crippen LogP contribution in [0.3, 0.4) is 0 Å². The first-order valence-electron chi connectivity index (χ1n) is 7.46. The second kappa shape index (κ2) is 8.29. The lowest BCUT2D eigenvalue weighted by molar-refractivity contribution is -0.358. The molecule has 0 aromatic heterocycles. The lowest BCUT2D eigenvalue weighted by Crippen LogP contribution is -2.64. The first-order valence-corrected chi connectivity index (χ1v) is 7.46. The van der Waals surface area contributed by atoms with Crippen LogP contribution < -0.4 is 0 Å². The van der Waals surface area contributed by atoms with Crippen LogP contribution in [0, 0.1) is 0 Å². The summed E-state index contributed by atoms with van der Waals surface area (Å²) in [6.07, 6.45) is -14.4. The van der Waals surface area contributed by atoms with E-state index in [0.717, 1.165) is 0 Å². The van der Waals surface area contributed by atoms with Gasteiger partial charge < -0.3 is 54.7 Å². The molecule has 0 amide bonds. The van der Waals surface area contributed by atoms with E-state index in [1.807, 2.05) is 0 Å². The number of aliphatic hydroxyl groups excluding tert-OH is 7. The summed E-state index contributed by atoms with van der Waals surface area (Å²) in [5, 5.41) is 68.1. The monoisotopic (exact) mass is 356 g/mol. The minimum absolute atomic E-state index is 0.581. The molecule has 0 aromatic carbocycles. The highest BCUT2D eigenvalue weighted by Gasteiger charge is 2.50. The quantitative estimate of drug-likeness (QED) is 0.251. The van der Waals surface area contributed by atoms with Crippen molar-refractivity contribution >= 4 is 0 Å². The summed E-state index contributed by atoms with van der Waals surface area (Å²) in [7, 11) is 1.24. The molecule has 2 heterocycles. The van der Waals surface area contributed by atoms with Crippen molar-refractivity contribution in [2.24, 2.45) is 0 Å². The van der Waals surface area contributed by atoms with Crippen molar-refractivity contribution in [1.82, 2.24) is 0 Å². The molecule has 142 valence electrons. The van der Waals surface area contributed by atoms with Gasteiger partial charge in [0.05, 0.1) is 13.2 Å². The summed E-state index contributed by atoms with van der Waals surface area (Å²) in [6.45, 7) is -1.23. The number of ether oxygens (including phenoxy) is 4. The third-order valence-electron chi connectivity index (χ3n) is 4.19. The van der Waals surface area contributed by atoms with Crippen molar-refractivity contribution in [2.75, 3.05) is 20.3 Å². The first kappa shape index (κ1) is 19.9. The first-order chi connectivity index (χ1) is 11.3. The van der Waals surface area contributed by atoms with Crippen molar-refractivity contribution in [1.29, 1.82) is 0 Å². The summed E-state index contributed by atoms with van der Waals surface area (Å²) in [5.74, 6) is 0. The minimum atomic E-state index is -1.70. The van der Waals surface area contributed by atoms with Crippen LogP contribution >= 0.6 is 0 Å². The van der Waals surface area contributed by atoms with Gasteiger partial charge in [-0.3, -0.25) is 0 Å². The van der Waals surface area contributed by atoms with Crippen LogP contribution in [0.4, 0.5) is 0 Å². The predicted molar refractivity (Wildman–Crippen MR) is 73.4 cm³/mol. The van der Waals surface area contributed by atoms with Crippen LogP contribution in [0.2, 0.25) is 0 Å². The van der Waals surface area contributed by atoms with E-state index in [1.54, 1.807) is 0 Å². The molecule has 24 heavy (non-hydrogen) atoms. The molecule has 0 radical (unpaired) electrons. The van der Waals surface area contributed by atoms with Gasteiger partial charge in [-0.2, -0.15) is 0 Å². The van der Waals surface area contributed by atoms with Crippen LogP contribution in [0.25, 0.3) is 0 Å². The normalized spacial score (nSPS) is 50.0. The Morgan fingerprint density at radius 3 is 1.79 bits per heavy atom. The van der Waals surface area contributed by atoms with Crippen LogP contribution in [0.5, 0.6) is 0 Å². The highest BCUT2D eigenvalue weighted by molar-refractivity contribution is 4.93. The Balaban J connectivity index is 2.14. The maximum atomic E-state index is 10.2. The van der Waals surface area contributed by atoms with Crippen LogP contribution in [0.15, 0.2) is 0 Å². The van der Waals surface area contributed by atoms with Gasteiger partial charge in [0.1, 0.15) is 48.8 Å². The van der Waals surface area contributed by atoms with Gasteiger partial charge >= 0.3 is 0 Å². The topological polar surface area (TPSA) is 179 Å². The molecule has 0 aromatic rings. The highest BCUT2D eigenvalue weighted by Crippen LogP contribution is 2.29. The van der Waals surface area contributed by atoms with Gasteiger partial charge in [0.25, 0.3) is 0 Å². The second-order valence-corrected chi connectivity index (χ2v) is 5.74. The van der Waals surface area contributed by atoms with Crippen molar-refractivity contribution in [3.63, 3.8) is 0 Å². The van der Waals surface area contributed by atoms with Crippen LogP contribution in [0.1, 0.15) is 0 Å². The summed E-state index contributed by atoms with van der Waals surface area (Å²) in [6, 6.07) is 0. The van der Waals surface area contributed by atoms with E-state index >= 15 is 0 Å². The van der Waals surface area contributed by atoms with Crippen molar-refractivity contribution in [3.05, 3.63) is 0 Å². The van der Waals surface area contributed by atoms with Crippen molar-refractivity contribution < 1.29 is 54.7 Å². The molecule has 11 nitrogen and oxygen atoms in total. The zero-order valence-corrected chi connectivity index (χ0v) is 13.0. The number of hydrogen-bond donors (Lipinski definition) is 7. The minimum Gasteiger partial charge on any atom is -0.394 e. The second-order valence-electron chi connectivity index (χ2n) is 5.74. The van der Waals surface area contributed by atoms with E-state index in [0.29, 0.717) is 0 Å². The van der Waals surface area contributed by atoms with E-state index in [-0.39, 0.29) is 0 Å². The average Bonchev–Trinajstić information content (AvgIpc) is 2.58. The van der Waals surface area contributed by atoms with E-state index in [2.05, 4.69) is 0 Å². The fourth-order valence-electron chi connectivity index (χ4n) is 2.74. The lowest BCUT2D eigenvalue weighted by Gasteiger charge is -2.45. The zero-order chi connectivity index (χ0) is 18.0. The van der Waals surface area contributed by atoms with E-state index in [4.69, 9.17) is 24.1 Å². The van der Waals surface area contributed by atoms with E-state index < -0.39 is 74.6 Å². The van der Waals surface area contributed by atoms with Gasteiger partial charge in [-0.1, -0.05) is 0 Å². The maximum absolute atomic E-state index is 10.2. The Labute approximate surface area is 137 Å². The van der Waals surface area contributed by atoms with Crippen LogP contribution in [-0.4, -0.2) is 117 Å². The summed E-state index contributed by atoms with van der Waals surface area (Å²) >= 11 is 0. The Morgan fingerprint density at radius 2 is 1.25 bits per heavy atom. The van der Waals surface area contributed by atoms with Crippen molar-refractivity contribution in [3.8, 4) is 0 Å². The molecule has 2 rings (SSSR count). The lowest BCUT2D eigenvalue weighted by atomic mass is 9.97. The van der Waals surface area contributed by atoms with Gasteiger partial charge in [-0.25, -0.2) is 0 Å². The molecule has 10 atom stereocenters. The molecule has 0 bridgehead atoms. The summed E-state index contributed by atoms with van der Waals surface area (Å²) < 4.78 is 20.6. The number of hydrogen-bond acceptors (Lipinski definition) is 11. The van der Waals surface area contributed by atoms with Crippen molar-refractivity contribution in [2.45, 2.75) is 61.4 Å². The summed E-state index contributed by atoms with van der Waals surface area (Å²) in [5.41, 5.74) is 0. The molecule has 0 saturated carbocycles. The molecule has 7 N–H and O–H groups in total. The zero-order valence-electron chi connectivity index (χ0n) is 13.0. The fraction of sp³-hybridized carbons (Fsp3) is 1.00. The van der Waals surface area contributed by atoms with Gasteiger partial charge in [0.2, 0.25) is 0 Å². The molecule has 2 fully saturated rings. The number of methoxy groups -OCH3 is 1. The van der Waals surface area contributed by atoms with E-state index in [1.165, 1.54) is 7.11 Å². The van der Waals surface area contributed by atoms with Crippen LogP contribution in [-0.2, 0) is 18.9 Å². The molecule has 11 heteroatoms.